The summed E-state index contributed by atoms with van der Waals surface area (Å²) < 4.78 is 1.72. The first-order valence-electron chi connectivity index (χ1n) is 6.77. The predicted octanol–water partition coefficient (Wildman–Crippen LogP) is 2.04. The Morgan fingerprint density at radius 2 is 2.29 bits per heavy atom. The summed E-state index contributed by atoms with van der Waals surface area (Å²) in [6.45, 7) is 6.81. The molecular weight excluding hydrogens is 306 g/mol. The van der Waals surface area contributed by atoms with E-state index in [2.05, 4.69) is 34.7 Å². The van der Waals surface area contributed by atoms with Crippen LogP contribution in [-0.4, -0.2) is 37.9 Å². The van der Waals surface area contributed by atoms with Crippen LogP contribution in [0.5, 0.6) is 0 Å². The Bertz CT molecular complexity index is 567. The fourth-order valence-electron chi connectivity index (χ4n) is 1.54. The standard InChI is InChI=1S/C13H19N5OS2/c1-9(2)10(3)14-12(19)8-21-13-15-16-17-18(13)7-11-5-4-6-20-11/h4-6,9-10H,7-8H2,1-3H3,(H,14,19). The van der Waals surface area contributed by atoms with Crippen LogP contribution in [0.1, 0.15) is 25.6 Å². The van der Waals surface area contributed by atoms with E-state index in [1.165, 1.54) is 16.6 Å². The Hall–Kier alpha value is -1.41. The van der Waals surface area contributed by atoms with Crippen LogP contribution in [0.15, 0.2) is 22.7 Å². The highest BCUT2D eigenvalue weighted by Gasteiger charge is 2.13. The van der Waals surface area contributed by atoms with Crippen LogP contribution < -0.4 is 5.32 Å². The Labute approximate surface area is 132 Å². The van der Waals surface area contributed by atoms with Gasteiger partial charge in [0.15, 0.2) is 0 Å². The third-order valence-electron chi connectivity index (χ3n) is 3.11. The normalized spacial score (nSPS) is 12.6. The Balaban J connectivity index is 1.86. The van der Waals surface area contributed by atoms with Crippen molar-refractivity contribution in [3.05, 3.63) is 22.4 Å². The van der Waals surface area contributed by atoms with Gasteiger partial charge in [0.2, 0.25) is 11.1 Å². The van der Waals surface area contributed by atoms with Gasteiger partial charge in [-0.1, -0.05) is 31.7 Å². The van der Waals surface area contributed by atoms with Crippen molar-refractivity contribution in [2.24, 2.45) is 5.92 Å². The molecule has 0 aliphatic carbocycles. The molecule has 1 N–H and O–H groups in total. The van der Waals surface area contributed by atoms with Gasteiger partial charge >= 0.3 is 0 Å². The molecule has 8 heteroatoms. The lowest BCUT2D eigenvalue weighted by atomic mass is 10.1. The maximum atomic E-state index is 11.9. The van der Waals surface area contributed by atoms with Crippen LogP contribution in [-0.2, 0) is 11.3 Å². The topological polar surface area (TPSA) is 72.7 Å². The Morgan fingerprint density at radius 1 is 1.48 bits per heavy atom. The van der Waals surface area contributed by atoms with E-state index >= 15 is 0 Å². The number of nitrogens with one attached hydrogen (secondary N) is 1. The number of carbonyl (C=O) groups is 1. The molecule has 0 saturated carbocycles. The SMILES string of the molecule is CC(C)C(C)NC(=O)CSc1nnnn1Cc1cccs1. The van der Waals surface area contributed by atoms with Crippen LogP contribution in [0.4, 0.5) is 0 Å². The zero-order chi connectivity index (χ0) is 15.2. The maximum absolute atomic E-state index is 11.9. The van der Waals surface area contributed by atoms with Gasteiger partial charge in [0.1, 0.15) is 0 Å². The van der Waals surface area contributed by atoms with Crippen molar-refractivity contribution in [2.45, 2.75) is 38.5 Å². The second kappa shape index (κ2) is 7.56. The minimum atomic E-state index is 0.00636. The number of aromatic nitrogens is 4. The van der Waals surface area contributed by atoms with Crippen LogP contribution in [0, 0.1) is 5.92 Å². The summed E-state index contributed by atoms with van der Waals surface area (Å²) in [4.78, 5) is 13.1. The number of thiophene rings is 1. The molecule has 0 aliphatic heterocycles. The van der Waals surface area contributed by atoms with Gasteiger partial charge in [0.05, 0.1) is 12.3 Å². The van der Waals surface area contributed by atoms with Gasteiger partial charge in [-0.05, 0) is 34.7 Å². The van der Waals surface area contributed by atoms with Crippen molar-refractivity contribution in [3.63, 3.8) is 0 Å². The van der Waals surface area contributed by atoms with Crippen LogP contribution in [0.3, 0.4) is 0 Å². The van der Waals surface area contributed by atoms with Gasteiger partial charge < -0.3 is 5.32 Å². The molecule has 0 saturated heterocycles. The molecule has 0 radical (unpaired) electrons. The lowest BCUT2D eigenvalue weighted by molar-refractivity contribution is -0.119. The largest absolute Gasteiger partial charge is 0.353 e. The lowest BCUT2D eigenvalue weighted by Gasteiger charge is -2.16. The van der Waals surface area contributed by atoms with E-state index in [0.717, 1.165) is 0 Å². The Morgan fingerprint density at radius 3 is 2.95 bits per heavy atom. The van der Waals surface area contributed by atoms with E-state index in [0.29, 0.717) is 23.4 Å². The fraction of sp³-hybridized carbons (Fsp3) is 0.538. The highest BCUT2D eigenvalue weighted by molar-refractivity contribution is 7.99. The third kappa shape index (κ3) is 4.82. The molecule has 2 aromatic rings. The summed E-state index contributed by atoms with van der Waals surface area (Å²) in [7, 11) is 0. The third-order valence-corrected chi connectivity index (χ3v) is 4.92. The highest BCUT2D eigenvalue weighted by Crippen LogP contribution is 2.17. The molecule has 0 aromatic carbocycles. The highest BCUT2D eigenvalue weighted by atomic mass is 32.2. The van der Waals surface area contributed by atoms with Crippen molar-refractivity contribution in [2.75, 3.05) is 5.75 Å². The second-order valence-electron chi connectivity index (χ2n) is 5.09. The summed E-state index contributed by atoms with van der Waals surface area (Å²) in [6.07, 6.45) is 0. The van der Waals surface area contributed by atoms with Crippen LogP contribution >= 0.6 is 23.1 Å². The zero-order valence-corrected chi connectivity index (χ0v) is 13.9. The Kier molecular flexibility index (Phi) is 5.75. The first-order chi connectivity index (χ1) is 10.1. The molecule has 0 spiro atoms. The average molecular weight is 325 g/mol. The second-order valence-corrected chi connectivity index (χ2v) is 7.06. The number of hydrogen-bond acceptors (Lipinski definition) is 6. The van der Waals surface area contributed by atoms with E-state index < -0.39 is 0 Å². The predicted molar refractivity (Wildman–Crippen MR) is 84.4 cm³/mol. The molecule has 1 amide bonds. The van der Waals surface area contributed by atoms with E-state index in [1.807, 2.05) is 24.4 Å². The van der Waals surface area contributed by atoms with Crippen molar-refractivity contribution in [1.29, 1.82) is 0 Å². The average Bonchev–Trinajstić information content (AvgIpc) is 3.08. The molecule has 1 atom stereocenters. The fourth-order valence-corrected chi connectivity index (χ4v) is 2.92. The summed E-state index contributed by atoms with van der Waals surface area (Å²) >= 11 is 3.02. The molecule has 0 aliphatic rings. The van der Waals surface area contributed by atoms with E-state index in [9.17, 15) is 4.79 Å². The summed E-state index contributed by atoms with van der Waals surface area (Å²) in [5, 5.41) is 17.3. The first-order valence-corrected chi connectivity index (χ1v) is 8.63. The quantitative estimate of drug-likeness (QED) is 0.789. The van der Waals surface area contributed by atoms with E-state index in [4.69, 9.17) is 0 Å². The number of amides is 1. The smallest absolute Gasteiger partial charge is 0.230 e. The number of tetrazole rings is 1. The number of thioether (sulfide) groups is 1. The molecule has 2 heterocycles. The summed E-state index contributed by atoms with van der Waals surface area (Å²) in [6, 6.07) is 4.20. The molecule has 0 bridgehead atoms. The van der Waals surface area contributed by atoms with E-state index in [1.54, 1.807) is 16.0 Å². The first kappa shape index (κ1) is 16.0. The van der Waals surface area contributed by atoms with Crippen LogP contribution in [0.25, 0.3) is 0 Å². The molecule has 114 valence electrons. The number of hydrogen-bond donors (Lipinski definition) is 1. The number of nitrogens with zero attached hydrogens (tertiary/aromatic N) is 4. The molecule has 6 nitrogen and oxygen atoms in total. The molecule has 1 unspecified atom stereocenters. The van der Waals surface area contributed by atoms with Crippen molar-refractivity contribution < 1.29 is 4.79 Å². The van der Waals surface area contributed by atoms with Gasteiger partial charge in [0.25, 0.3) is 0 Å². The van der Waals surface area contributed by atoms with E-state index in [-0.39, 0.29) is 11.9 Å². The van der Waals surface area contributed by atoms with Crippen molar-refractivity contribution >= 4 is 29.0 Å². The molecule has 2 aromatic heterocycles. The van der Waals surface area contributed by atoms with Crippen LogP contribution in [0.2, 0.25) is 0 Å². The monoisotopic (exact) mass is 325 g/mol. The summed E-state index contributed by atoms with van der Waals surface area (Å²) in [5.41, 5.74) is 0. The number of rotatable bonds is 7. The lowest BCUT2D eigenvalue weighted by Crippen LogP contribution is -2.37. The van der Waals surface area contributed by atoms with Gasteiger partial charge in [-0.15, -0.1) is 16.4 Å². The van der Waals surface area contributed by atoms with Gasteiger partial charge in [-0.25, -0.2) is 4.68 Å². The molecule has 0 fully saturated rings. The van der Waals surface area contributed by atoms with Gasteiger partial charge in [0, 0.05) is 10.9 Å². The molecular formula is C13H19N5OS2. The van der Waals surface area contributed by atoms with Crippen molar-refractivity contribution in [1.82, 2.24) is 25.5 Å². The minimum absolute atomic E-state index is 0.00636. The molecule has 21 heavy (non-hydrogen) atoms. The van der Waals surface area contributed by atoms with Gasteiger partial charge in [-0.2, -0.15) is 0 Å². The summed E-state index contributed by atoms with van der Waals surface area (Å²) in [5.74, 6) is 0.747. The maximum Gasteiger partial charge on any atom is 0.230 e. The number of carbonyl (C=O) groups excluding carboxylic acids is 1. The van der Waals surface area contributed by atoms with Gasteiger partial charge in [-0.3, -0.25) is 4.79 Å². The zero-order valence-electron chi connectivity index (χ0n) is 12.3. The molecule has 2 rings (SSSR count). The van der Waals surface area contributed by atoms with Crippen molar-refractivity contribution in [3.8, 4) is 0 Å². The minimum Gasteiger partial charge on any atom is -0.353 e.